The number of hydrogen-bond acceptors (Lipinski definition) is 10. The van der Waals surface area contributed by atoms with Crippen molar-refractivity contribution in [1.29, 1.82) is 0 Å². The van der Waals surface area contributed by atoms with Crippen LogP contribution in [0.25, 0.3) is 17.0 Å². The van der Waals surface area contributed by atoms with Gasteiger partial charge in [-0.3, -0.25) is 4.68 Å². The molecule has 12 nitrogen and oxygen atoms in total. The average Bonchev–Trinajstić information content (AvgIpc) is 3.59. The van der Waals surface area contributed by atoms with Crippen LogP contribution in [0.5, 0.6) is 0 Å². The van der Waals surface area contributed by atoms with Crippen molar-refractivity contribution >= 4 is 15.6 Å². The fraction of sp³-hybridized carbons (Fsp3) is 0.500. The highest BCUT2D eigenvalue weighted by Crippen LogP contribution is 2.32. The zero-order valence-corrected chi connectivity index (χ0v) is 24.6. The van der Waals surface area contributed by atoms with E-state index in [9.17, 15) is 17.2 Å². The molecule has 0 radical (unpaired) electrons. The highest BCUT2D eigenvalue weighted by Gasteiger charge is 2.38. The van der Waals surface area contributed by atoms with Crippen LogP contribution in [0.4, 0.5) is 8.78 Å². The Bertz CT molecular complexity index is 1620. The van der Waals surface area contributed by atoms with Gasteiger partial charge in [0, 0.05) is 49.5 Å². The number of nitrogens with one attached hydrogen (secondary N) is 3. The van der Waals surface area contributed by atoms with Gasteiger partial charge in [-0.05, 0) is 62.7 Å². The maximum Gasteiger partial charge on any atom is 0.256 e. The molecule has 5 N–H and O–H groups in total. The summed E-state index contributed by atoms with van der Waals surface area (Å²) < 4.78 is 53.1. The molecule has 0 amide bonds. The lowest BCUT2D eigenvalue weighted by atomic mass is 9.85. The largest absolute Gasteiger partial charge is 0.384 e. The first-order chi connectivity index (χ1) is 20.6. The molecule has 3 aromatic heterocycles. The third kappa shape index (κ3) is 6.48. The van der Waals surface area contributed by atoms with Crippen molar-refractivity contribution in [1.82, 2.24) is 44.9 Å². The lowest BCUT2D eigenvalue weighted by Crippen LogP contribution is -2.50. The van der Waals surface area contributed by atoms with E-state index in [1.54, 1.807) is 16.9 Å². The van der Waals surface area contributed by atoms with Gasteiger partial charge in [0.1, 0.15) is 0 Å². The summed E-state index contributed by atoms with van der Waals surface area (Å²) in [6, 6.07) is 3.75. The zero-order chi connectivity index (χ0) is 30.2. The Labute approximate surface area is 248 Å². The second-order valence-electron chi connectivity index (χ2n) is 11.5. The first-order valence-corrected chi connectivity index (χ1v) is 16.0. The maximum atomic E-state index is 12.6. The van der Waals surface area contributed by atoms with E-state index < -0.39 is 22.1 Å². The number of hydrogen-bond donors (Lipinski definition) is 4. The molecule has 2 saturated carbocycles. The first-order valence-electron chi connectivity index (χ1n) is 14.5. The zero-order valence-electron chi connectivity index (χ0n) is 23.8. The molecule has 0 spiro atoms. The van der Waals surface area contributed by atoms with E-state index >= 15 is 0 Å². The number of dihydropyridines is 1. The topological polar surface area (TPSA) is 158 Å². The van der Waals surface area contributed by atoms with Crippen LogP contribution in [0.15, 0.2) is 54.9 Å². The Morgan fingerprint density at radius 2 is 1.98 bits per heavy atom. The van der Waals surface area contributed by atoms with Gasteiger partial charge in [-0.1, -0.05) is 0 Å². The van der Waals surface area contributed by atoms with E-state index in [0.717, 1.165) is 46.7 Å². The molecular formula is C28H36F2N10O2S. The van der Waals surface area contributed by atoms with Gasteiger partial charge < -0.3 is 21.7 Å². The number of allylic oxidation sites excluding steroid dienone is 1. The number of halogens is 2. The van der Waals surface area contributed by atoms with Crippen molar-refractivity contribution in [2.45, 2.75) is 61.9 Å². The second kappa shape index (κ2) is 11.8. The maximum absolute atomic E-state index is 12.6. The molecule has 2 aliphatic carbocycles. The highest BCUT2D eigenvalue weighted by atomic mass is 32.2. The summed E-state index contributed by atoms with van der Waals surface area (Å²) in [6.45, 7) is 0.425. The fourth-order valence-electron chi connectivity index (χ4n) is 5.57. The van der Waals surface area contributed by atoms with Crippen molar-refractivity contribution in [3.8, 4) is 11.4 Å². The normalized spacial score (nSPS) is 24.4. The highest BCUT2D eigenvalue weighted by molar-refractivity contribution is 7.90. The summed E-state index contributed by atoms with van der Waals surface area (Å²) in [4.78, 5) is 9.04. The Morgan fingerprint density at radius 3 is 2.67 bits per heavy atom. The van der Waals surface area contributed by atoms with Gasteiger partial charge in [-0.2, -0.15) is 14.3 Å². The van der Waals surface area contributed by atoms with Crippen LogP contribution in [0.1, 0.15) is 49.9 Å². The predicted octanol–water partition coefficient (Wildman–Crippen LogP) is 2.06. The van der Waals surface area contributed by atoms with Gasteiger partial charge in [-0.15, -0.1) is 0 Å². The SMILES string of the molecule is Cn1ccc(C2=CNC(N)(c3ccnc(-c4cnn(S(=O)(=O)C5CC5)c4)n3)C=C2NCC2CCC(NCC(F)F)CC2)n1. The van der Waals surface area contributed by atoms with Crippen molar-refractivity contribution in [2.75, 3.05) is 13.1 Å². The smallest absolute Gasteiger partial charge is 0.256 e. The molecule has 0 saturated heterocycles. The minimum absolute atomic E-state index is 0.122. The van der Waals surface area contributed by atoms with Crippen LogP contribution >= 0.6 is 0 Å². The number of nitrogens with two attached hydrogens (primary N) is 1. The van der Waals surface area contributed by atoms with E-state index in [4.69, 9.17) is 10.7 Å². The number of nitrogens with zero attached hydrogens (tertiary/aromatic N) is 6. The summed E-state index contributed by atoms with van der Waals surface area (Å²) in [7, 11) is -1.66. The van der Waals surface area contributed by atoms with Crippen LogP contribution in [-0.2, 0) is 22.7 Å². The lowest BCUT2D eigenvalue weighted by Gasteiger charge is -2.34. The fourth-order valence-corrected chi connectivity index (χ4v) is 7.04. The van der Waals surface area contributed by atoms with Crippen LogP contribution in [-0.4, -0.2) is 68.2 Å². The molecule has 1 unspecified atom stereocenters. The minimum Gasteiger partial charge on any atom is -0.384 e. The molecule has 4 heterocycles. The number of aromatic nitrogens is 6. The Hall–Kier alpha value is -3.69. The van der Waals surface area contributed by atoms with Gasteiger partial charge in [-0.25, -0.2) is 27.2 Å². The van der Waals surface area contributed by atoms with Gasteiger partial charge in [0.05, 0.1) is 41.1 Å². The number of aryl methyl sites for hydroxylation is 1. The van der Waals surface area contributed by atoms with Crippen LogP contribution < -0.4 is 21.7 Å². The van der Waals surface area contributed by atoms with E-state index in [1.807, 2.05) is 31.6 Å². The number of alkyl halides is 2. The Morgan fingerprint density at radius 1 is 1.19 bits per heavy atom. The molecule has 0 aromatic carbocycles. The molecular weight excluding hydrogens is 578 g/mol. The van der Waals surface area contributed by atoms with Crippen LogP contribution in [0.3, 0.4) is 0 Å². The van der Waals surface area contributed by atoms with Gasteiger partial charge >= 0.3 is 0 Å². The standard InChI is InChI=1S/C28H36F2N10O2S/c1-39-11-9-23(38-39)22-15-35-28(31,12-24(22)34-13-18-2-4-20(5-3-18)33-16-26(29)30)25-8-10-32-27(37-25)19-14-36-40(17-19)43(41,42)21-6-7-21/h8-12,14-15,17-18,20-21,26,33-35H,2-7,13,16,31H2,1H3. The molecule has 3 aromatic rings. The summed E-state index contributed by atoms with van der Waals surface area (Å²) in [6.07, 6.45) is 12.5. The molecule has 230 valence electrons. The van der Waals surface area contributed by atoms with E-state index in [-0.39, 0.29) is 17.8 Å². The van der Waals surface area contributed by atoms with Crippen LogP contribution in [0, 0.1) is 5.92 Å². The van der Waals surface area contributed by atoms with E-state index in [1.165, 1.54) is 12.4 Å². The molecule has 6 rings (SSSR count). The summed E-state index contributed by atoms with van der Waals surface area (Å²) in [5, 5.41) is 18.1. The lowest BCUT2D eigenvalue weighted by molar-refractivity contribution is 0.135. The van der Waals surface area contributed by atoms with Gasteiger partial charge in [0.2, 0.25) is 0 Å². The monoisotopic (exact) mass is 614 g/mol. The molecule has 15 heteroatoms. The third-order valence-corrected chi connectivity index (χ3v) is 10.2. The van der Waals surface area contributed by atoms with Crippen LogP contribution in [0.2, 0.25) is 0 Å². The summed E-state index contributed by atoms with van der Waals surface area (Å²) in [5.74, 6) is 0.688. The molecule has 2 fully saturated rings. The summed E-state index contributed by atoms with van der Waals surface area (Å²) in [5.41, 5.74) is 9.05. The second-order valence-corrected chi connectivity index (χ2v) is 13.6. The molecule has 0 bridgehead atoms. The predicted molar refractivity (Wildman–Crippen MR) is 157 cm³/mol. The Balaban J connectivity index is 1.21. The van der Waals surface area contributed by atoms with Crippen molar-refractivity contribution in [2.24, 2.45) is 18.7 Å². The third-order valence-electron chi connectivity index (χ3n) is 8.20. The van der Waals surface area contributed by atoms with Crippen molar-refractivity contribution in [3.63, 3.8) is 0 Å². The quantitative estimate of drug-likeness (QED) is 0.252. The van der Waals surface area contributed by atoms with E-state index in [0.29, 0.717) is 42.4 Å². The van der Waals surface area contributed by atoms with E-state index in [2.05, 4.69) is 31.1 Å². The van der Waals surface area contributed by atoms with Gasteiger partial charge in [0.25, 0.3) is 16.4 Å². The minimum atomic E-state index is -3.51. The van der Waals surface area contributed by atoms with Crippen molar-refractivity contribution < 1.29 is 17.2 Å². The number of rotatable bonds is 11. The Kier molecular flexibility index (Phi) is 8.04. The molecule has 1 aliphatic heterocycles. The molecule has 1 atom stereocenters. The first kappa shape index (κ1) is 29.4. The molecule has 3 aliphatic rings. The molecule has 43 heavy (non-hydrogen) atoms. The van der Waals surface area contributed by atoms with Gasteiger partial charge in [0.15, 0.2) is 11.5 Å². The average molecular weight is 615 g/mol. The summed E-state index contributed by atoms with van der Waals surface area (Å²) >= 11 is 0. The van der Waals surface area contributed by atoms with Crippen molar-refractivity contribution in [3.05, 3.63) is 66.3 Å².